The molecule has 9 nitrogen and oxygen atoms in total. The van der Waals surface area contributed by atoms with Crippen LogP contribution in [0.3, 0.4) is 0 Å². The molecule has 39 heavy (non-hydrogen) atoms. The lowest BCUT2D eigenvalue weighted by Crippen LogP contribution is -2.33. The third kappa shape index (κ3) is 7.02. The minimum absolute atomic E-state index is 0.142. The van der Waals surface area contributed by atoms with E-state index in [1.165, 1.54) is 29.7 Å². The molecule has 0 unspecified atom stereocenters. The number of amides is 2. The molecular formula is C29H31N3O6S. The van der Waals surface area contributed by atoms with Crippen molar-refractivity contribution in [1.82, 2.24) is 5.43 Å². The van der Waals surface area contributed by atoms with Crippen LogP contribution in [0.5, 0.6) is 11.5 Å². The quantitative estimate of drug-likeness (QED) is 0.198. The predicted octanol–water partition coefficient (Wildman–Crippen LogP) is 4.93. The number of ether oxygens (including phenoxy) is 2. The van der Waals surface area contributed by atoms with Crippen molar-refractivity contribution in [1.29, 1.82) is 0 Å². The molecule has 0 spiro atoms. The molecule has 0 saturated heterocycles. The first kappa shape index (κ1) is 27.8. The van der Waals surface area contributed by atoms with Gasteiger partial charge in [-0.25, -0.2) is 10.2 Å². The maximum absolute atomic E-state index is 13.0. The van der Waals surface area contributed by atoms with Crippen LogP contribution in [0.1, 0.15) is 63.9 Å². The lowest BCUT2D eigenvalue weighted by molar-refractivity contribution is -0.127. The van der Waals surface area contributed by atoms with Crippen molar-refractivity contribution in [3.63, 3.8) is 0 Å². The first-order valence-corrected chi connectivity index (χ1v) is 13.6. The molecule has 0 fully saturated rings. The summed E-state index contributed by atoms with van der Waals surface area (Å²) >= 11 is 1.44. The Morgan fingerprint density at radius 1 is 1.15 bits per heavy atom. The largest absolute Gasteiger partial charge is 0.508 e. The summed E-state index contributed by atoms with van der Waals surface area (Å²) in [5.41, 5.74) is 4.95. The fourth-order valence-electron chi connectivity index (χ4n) is 4.20. The third-order valence-electron chi connectivity index (χ3n) is 6.30. The second kappa shape index (κ2) is 12.6. The maximum Gasteiger partial charge on any atom is 0.341 e. The molecule has 1 aliphatic carbocycles. The van der Waals surface area contributed by atoms with E-state index in [2.05, 4.69) is 22.8 Å². The number of carbonyl (C=O) groups is 3. The van der Waals surface area contributed by atoms with Crippen molar-refractivity contribution in [2.45, 2.75) is 46.1 Å². The molecule has 2 amide bonds. The first-order valence-electron chi connectivity index (χ1n) is 12.8. The summed E-state index contributed by atoms with van der Waals surface area (Å²) < 4.78 is 11.0. The van der Waals surface area contributed by atoms with Crippen molar-refractivity contribution >= 4 is 40.3 Å². The second-order valence-corrected chi connectivity index (χ2v) is 10.4. The number of benzene rings is 2. The molecule has 10 heteroatoms. The topological polar surface area (TPSA) is 126 Å². The van der Waals surface area contributed by atoms with Crippen molar-refractivity contribution in [3.05, 3.63) is 75.7 Å². The van der Waals surface area contributed by atoms with Crippen LogP contribution in [0.15, 0.2) is 53.6 Å². The predicted molar refractivity (Wildman–Crippen MR) is 150 cm³/mol. The summed E-state index contributed by atoms with van der Waals surface area (Å²) in [5, 5.41) is 16.6. The van der Waals surface area contributed by atoms with E-state index in [1.54, 1.807) is 50.2 Å². The molecule has 3 N–H and O–H groups in total. The van der Waals surface area contributed by atoms with Gasteiger partial charge in [-0.15, -0.1) is 11.3 Å². The van der Waals surface area contributed by atoms with E-state index in [4.69, 9.17) is 9.47 Å². The standard InChI is InChI=1S/C29H31N3O6S/c1-4-37-29(36)25-23-14-5-17(2)15-24(23)39-28(25)31-27(35)20-8-12-22(13-9-20)38-18(3)26(34)32-30-16-19-6-10-21(33)11-7-19/h6-13,16-18,33H,4-5,14-15H2,1-3H3,(H,31,35)(H,32,34)/b30-16-/t17-,18-/m0/s1. The molecule has 0 radical (unpaired) electrons. The minimum Gasteiger partial charge on any atom is -0.508 e. The zero-order valence-electron chi connectivity index (χ0n) is 22.0. The Hall–Kier alpha value is -4.18. The Balaban J connectivity index is 1.37. The number of hydrogen-bond acceptors (Lipinski definition) is 8. The number of nitrogens with zero attached hydrogens (tertiary/aromatic N) is 1. The van der Waals surface area contributed by atoms with Gasteiger partial charge in [-0.05, 0) is 98.7 Å². The summed E-state index contributed by atoms with van der Waals surface area (Å²) in [6.07, 6.45) is 3.27. The van der Waals surface area contributed by atoms with Gasteiger partial charge in [-0.3, -0.25) is 9.59 Å². The number of phenolic OH excluding ortho intramolecular Hbond substituents is 1. The molecule has 1 aliphatic rings. The smallest absolute Gasteiger partial charge is 0.341 e. The van der Waals surface area contributed by atoms with Gasteiger partial charge in [-0.2, -0.15) is 5.10 Å². The molecule has 1 aromatic heterocycles. The van der Waals surface area contributed by atoms with Crippen LogP contribution in [0.25, 0.3) is 0 Å². The van der Waals surface area contributed by atoms with Crippen LogP contribution in [-0.4, -0.2) is 41.8 Å². The van der Waals surface area contributed by atoms with Crippen LogP contribution in [0.4, 0.5) is 5.00 Å². The molecule has 0 aliphatic heterocycles. The van der Waals surface area contributed by atoms with E-state index in [-0.39, 0.29) is 18.3 Å². The summed E-state index contributed by atoms with van der Waals surface area (Å²) in [6.45, 7) is 5.79. The van der Waals surface area contributed by atoms with Gasteiger partial charge in [-0.1, -0.05) is 6.92 Å². The SMILES string of the molecule is CCOC(=O)c1c(NC(=O)c2ccc(O[C@@H](C)C(=O)N/N=C\c3ccc(O)cc3)cc2)sc2c1CC[C@H](C)C2. The van der Waals surface area contributed by atoms with Crippen LogP contribution in [-0.2, 0) is 22.4 Å². The highest BCUT2D eigenvalue weighted by molar-refractivity contribution is 7.17. The molecule has 1 heterocycles. The summed E-state index contributed by atoms with van der Waals surface area (Å²) in [5.74, 6) is -0.143. The molecule has 3 aromatic rings. The summed E-state index contributed by atoms with van der Waals surface area (Å²) in [6, 6.07) is 12.8. The van der Waals surface area contributed by atoms with Crippen LogP contribution in [0.2, 0.25) is 0 Å². The monoisotopic (exact) mass is 549 g/mol. The van der Waals surface area contributed by atoms with Gasteiger partial charge in [0.25, 0.3) is 11.8 Å². The number of fused-ring (bicyclic) bond motifs is 1. The number of aromatic hydroxyl groups is 1. The van der Waals surface area contributed by atoms with Gasteiger partial charge in [0.1, 0.15) is 16.5 Å². The van der Waals surface area contributed by atoms with Gasteiger partial charge in [0.15, 0.2) is 6.10 Å². The van der Waals surface area contributed by atoms with Gasteiger partial charge >= 0.3 is 5.97 Å². The number of nitrogens with one attached hydrogen (secondary N) is 2. The maximum atomic E-state index is 13.0. The lowest BCUT2D eigenvalue weighted by Gasteiger charge is -2.18. The van der Waals surface area contributed by atoms with Gasteiger partial charge < -0.3 is 19.9 Å². The molecule has 2 aromatic carbocycles. The highest BCUT2D eigenvalue weighted by Gasteiger charge is 2.29. The Bertz CT molecular complexity index is 1360. The average molecular weight is 550 g/mol. The molecule has 0 saturated carbocycles. The fraction of sp³-hybridized carbons (Fsp3) is 0.310. The second-order valence-electron chi connectivity index (χ2n) is 9.34. The Morgan fingerprint density at radius 2 is 1.87 bits per heavy atom. The highest BCUT2D eigenvalue weighted by Crippen LogP contribution is 2.40. The van der Waals surface area contributed by atoms with E-state index in [9.17, 15) is 19.5 Å². The van der Waals surface area contributed by atoms with Crippen molar-refractivity contribution in [2.75, 3.05) is 11.9 Å². The molecule has 2 atom stereocenters. The number of hydrazone groups is 1. The molecule has 0 bridgehead atoms. The molecule has 204 valence electrons. The lowest BCUT2D eigenvalue weighted by atomic mass is 9.88. The Morgan fingerprint density at radius 3 is 2.56 bits per heavy atom. The van der Waals surface area contributed by atoms with Crippen molar-refractivity contribution < 1.29 is 29.0 Å². The van der Waals surface area contributed by atoms with Crippen molar-refractivity contribution in [2.24, 2.45) is 11.0 Å². The number of hydrogen-bond donors (Lipinski definition) is 3. The van der Waals surface area contributed by atoms with E-state index < -0.39 is 18.0 Å². The number of rotatable bonds is 9. The first-order chi connectivity index (χ1) is 18.7. The average Bonchev–Trinajstić information content (AvgIpc) is 3.27. The third-order valence-corrected chi connectivity index (χ3v) is 7.47. The van der Waals surface area contributed by atoms with E-state index in [0.29, 0.717) is 33.4 Å². The highest BCUT2D eigenvalue weighted by atomic mass is 32.1. The Labute approximate surface area is 230 Å². The number of phenols is 1. The van der Waals surface area contributed by atoms with E-state index in [0.717, 1.165) is 29.7 Å². The zero-order valence-corrected chi connectivity index (χ0v) is 22.8. The van der Waals surface area contributed by atoms with E-state index >= 15 is 0 Å². The number of thiophene rings is 1. The van der Waals surface area contributed by atoms with Crippen LogP contribution in [0, 0.1) is 5.92 Å². The van der Waals surface area contributed by atoms with Gasteiger partial charge in [0, 0.05) is 10.4 Å². The number of anilines is 1. The van der Waals surface area contributed by atoms with Gasteiger partial charge in [0.2, 0.25) is 0 Å². The fourth-order valence-corrected chi connectivity index (χ4v) is 5.59. The zero-order chi connectivity index (χ0) is 27.9. The number of carbonyl (C=O) groups excluding carboxylic acids is 3. The normalized spacial score (nSPS) is 15.3. The molecular weight excluding hydrogens is 518 g/mol. The van der Waals surface area contributed by atoms with Crippen LogP contribution >= 0.6 is 11.3 Å². The summed E-state index contributed by atoms with van der Waals surface area (Å²) in [7, 11) is 0. The Kier molecular flexibility index (Phi) is 8.98. The van der Waals surface area contributed by atoms with Gasteiger partial charge in [0.05, 0.1) is 18.4 Å². The summed E-state index contributed by atoms with van der Waals surface area (Å²) in [4.78, 5) is 39.2. The minimum atomic E-state index is -0.839. The molecule has 4 rings (SSSR count). The van der Waals surface area contributed by atoms with Crippen molar-refractivity contribution in [3.8, 4) is 11.5 Å². The number of esters is 1. The van der Waals surface area contributed by atoms with Crippen LogP contribution < -0.4 is 15.5 Å². The van der Waals surface area contributed by atoms with E-state index in [1.807, 2.05) is 0 Å².